The number of hydrogen-bond acceptors (Lipinski definition) is 5. The first-order chi connectivity index (χ1) is 15.9. The first kappa shape index (κ1) is 26.6. The molecule has 0 unspecified atom stereocenters. The third kappa shape index (κ3) is 8.03. The molecule has 2 aromatic carbocycles. The highest BCUT2D eigenvalue weighted by Crippen LogP contribution is 2.33. The molecular weight excluding hydrogens is 486 g/mol. The SMILES string of the molecule is NC(=O)CC[C@H](NC(=O)c1ccc(F)cc1)C(=O)OCC(=O)Nc1cc(C(F)(F)F)ccc1Cl. The van der Waals surface area contributed by atoms with Crippen LogP contribution in [0.5, 0.6) is 0 Å². The maximum atomic E-state index is 13.0. The Morgan fingerprint density at radius 2 is 1.71 bits per heavy atom. The fourth-order valence-corrected chi connectivity index (χ4v) is 2.76. The molecular formula is C21H18ClF4N3O5. The van der Waals surface area contributed by atoms with Crippen molar-refractivity contribution in [3.63, 3.8) is 0 Å². The number of benzene rings is 2. The van der Waals surface area contributed by atoms with Gasteiger partial charge in [-0.05, 0) is 48.9 Å². The third-order valence-corrected chi connectivity index (χ3v) is 4.62. The number of esters is 1. The maximum Gasteiger partial charge on any atom is 0.416 e. The summed E-state index contributed by atoms with van der Waals surface area (Å²) < 4.78 is 56.4. The maximum absolute atomic E-state index is 13.0. The van der Waals surface area contributed by atoms with Crippen molar-refractivity contribution < 1.29 is 41.5 Å². The van der Waals surface area contributed by atoms with E-state index < -0.39 is 53.9 Å². The quantitative estimate of drug-likeness (QED) is 0.358. The molecule has 182 valence electrons. The second-order valence-electron chi connectivity index (χ2n) is 6.89. The van der Waals surface area contributed by atoms with Gasteiger partial charge in [-0.15, -0.1) is 0 Å². The normalized spacial score (nSPS) is 11.9. The molecule has 8 nitrogen and oxygen atoms in total. The van der Waals surface area contributed by atoms with Crippen LogP contribution in [-0.4, -0.2) is 36.3 Å². The average molecular weight is 504 g/mol. The molecule has 0 aliphatic rings. The summed E-state index contributed by atoms with van der Waals surface area (Å²) >= 11 is 5.80. The van der Waals surface area contributed by atoms with Crippen molar-refractivity contribution in [3.05, 3.63) is 64.4 Å². The van der Waals surface area contributed by atoms with Crippen LogP contribution in [-0.2, 0) is 25.3 Å². The summed E-state index contributed by atoms with van der Waals surface area (Å²) in [6.07, 6.45) is -5.25. The molecule has 0 aliphatic heterocycles. The number of nitrogens with two attached hydrogens (primary N) is 1. The Kier molecular flexibility index (Phi) is 8.96. The Bertz CT molecular complexity index is 1080. The minimum atomic E-state index is -4.67. The fourth-order valence-electron chi connectivity index (χ4n) is 2.60. The first-order valence-electron chi connectivity index (χ1n) is 9.54. The summed E-state index contributed by atoms with van der Waals surface area (Å²) in [6.45, 7) is -0.926. The highest BCUT2D eigenvalue weighted by molar-refractivity contribution is 6.33. The lowest BCUT2D eigenvalue weighted by molar-refractivity contribution is -0.149. The van der Waals surface area contributed by atoms with Gasteiger partial charge in [0.05, 0.1) is 16.3 Å². The van der Waals surface area contributed by atoms with Gasteiger partial charge in [-0.2, -0.15) is 13.2 Å². The highest BCUT2D eigenvalue weighted by atomic mass is 35.5. The van der Waals surface area contributed by atoms with E-state index in [4.69, 9.17) is 22.1 Å². The number of carbonyl (C=O) groups is 4. The van der Waals surface area contributed by atoms with Gasteiger partial charge in [-0.25, -0.2) is 9.18 Å². The topological polar surface area (TPSA) is 128 Å². The van der Waals surface area contributed by atoms with Gasteiger partial charge < -0.3 is 21.1 Å². The predicted octanol–water partition coefficient (Wildman–Crippen LogP) is 3.04. The van der Waals surface area contributed by atoms with E-state index in [1.54, 1.807) is 0 Å². The molecule has 0 saturated carbocycles. The molecule has 13 heteroatoms. The summed E-state index contributed by atoms with van der Waals surface area (Å²) in [6, 6.07) is 5.25. The molecule has 3 amide bonds. The molecule has 0 bridgehead atoms. The molecule has 1 atom stereocenters. The number of amides is 3. The van der Waals surface area contributed by atoms with Crippen LogP contribution in [0.25, 0.3) is 0 Å². The molecule has 0 saturated heterocycles. The van der Waals surface area contributed by atoms with Crippen LogP contribution in [0.15, 0.2) is 42.5 Å². The Morgan fingerprint density at radius 1 is 1.06 bits per heavy atom. The monoisotopic (exact) mass is 503 g/mol. The number of primary amides is 1. The summed E-state index contributed by atoms with van der Waals surface area (Å²) in [7, 11) is 0. The minimum Gasteiger partial charge on any atom is -0.454 e. The van der Waals surface area contributed by atoms with Gasteiger partial charge in [0.1, 0.15) is 11.9 Å². The van der Waals surface area contributed by atoms with E-state index in [9.17, 15) is 36.7 Å². The van der Waals surface area contributed by atoms with E-state index in [1.165, 1.54) is 0 Å². The van der Waals surface area contributed by atoms with E-state index in [0.717, 1.165) is 36.4 Å². The molecule has 0 spiro atoms. The smallest absolute Gasteiger partial charge is 0.416 e. The second kappa shape index (κ2) is 11.5. The highest BCUT2D eigenvalue weighted by Gasteiger charge is 2.31. The van der Waals surface area contributed by atoms with Crippen LogP contribution in [0.1, 0.15) is 28.8 Å². The van der Waals surface area contributed by atoms with Gasteiger partial charge in [0.2, 0.25) is 5.91 Å². The zero-order chi connectivity index (χ0) is 25.5. The van der Waals surface area contributed by atoms with Crippen molar-refractivity contribution in [2.75, 3.05) is 11.9 Å². The second-order valence-corrected chi connectivity index (χ2v) is 7.29. The Labute approximate surface area is 195 Å². The lowest BCUT2D eigenvalue weighted by atomic mass is 10.1. The van der Waals surface area contributed by atoms with Crippen LogP contribution < -0.4 is 16.4 Å². The van der Waals surface area contributed by atoms with Crippen molar-refractivity contribution >= 4 is 41.0 Å². The molecule has 34 heavy (non-hydrogen) atoms. The Hall–Kier alpha value is -3.67. The number of anilines is 1. The van der Waals surface area contributed by atoms with Crippen molar-refractivity contribution in [1.29, 1.82) is 0 Å². The number of alkyl halides is 3. The van der Waals surface area contributed by atoms with Gasteiger partial charge in [-0.3, -0.25) is 14.4 Å². The largest absolute Gasteiger partial charge is 0.454 e. The summed E-state index contributed by atoms with van der Waals surface area (Å²) in [5.74, 6) is -4.26. The van der Waals surface area contributed by atoms with Gasteiger partial charge in [0.15, 0.2) is 6.61 Å². The number of carbonyl (C=O) groups excluding carboxylic acids is 4. The predicted molar refractivity (Wildman–Crippen MR) is 112 cm³/mol. The van der Waals surface area contributed by atoms with Crippen LogP contribution in [0, 0.1) is 5.82 Å². The lowest BCUT2D eigenvalue weighted by Crippen LogP contribution is -2.43. The molecule has 4 N–H and O–H groups in total. The summed E-state index contributed by atoms with van der Waals surface area (Å²) in [5, 5.41) is 4.21. The Morgan fingerprint density at radius 3 is 2.29 bits per heavy atom. The number of rotatable bonds is 9. The molecule has 2 aromatic rings. The van der Waals surface area contributed by atoms with Crippen molar-refractivity contribution in [3.8, 4) is 0 Å². The molecule has 0 aromatic heterocycles. The average Bonchev–Trinajstić information content (AvgIpc) is 2.75. The minimum absolute atomic E-state index is 0.00945. The standard InChI is InChI=1S/C21H18ClF4N3O5/c22-14-6-3-12(21(24,25)26)9-16(14)28-18(31)10-34-20(33)15(7-8-17(27)30)29-19(32)11-1-4-13(23)5-2-11/h1-6,9,15H,7-8,10H2,(H2,27,30)(H,28,31)(H,29,32)/t15-/m0/s1. The van der Waals surface area contributed by atoms with Crippen molar-refractivity contribution in [2.45, 2.75) is 25.1 Å². The fraction of sp³-hybridized carbons (Fsp3) is 0.238. The molecule has 0 radical (unpaired) electrons. The lowest BCUT2D eigenvalue weighted by Gasteiger charge is -2.17. The number of hydrogen-bond donors (Lipinski definition) is 3. The first-order valence-corrected chi connectivity index (χ1v) is 9.92. The molecule has 0 heterocycles. The van der Waals surface area contributed by atoms with E-state index in [2.05, 4.69) is 10.6 Å². The Balaban J connectivity index is 2.02. The summed E-state index contributed by atoms with van der Waals surface area (Å²) in [4.78, 5) is 47.8. The van der Waals surface area contributed by atoms with Crippen LogP contribution in [0.4, 0.5) is 23.2 Å². The summed E-state index contributed by atoms with van der Waals surface area (Å²) in [5.41, 5.74) is 3.66. The van der Waals surface area contributed by atoms with Crippen molar-refractivity contribution in [1.82, 2.24) is 5.32 Å². The van der Waals surface area contributed by atoms with E-state index in [0.29, 0.717) is 6.07 Å². The third-order valence-electron chi connectivity index (χ3n) is 4.29. The van der Waals surface area contributed by atoms with Gasteiger partial charge in [0, 0.05) is 12.0 Å². The van der Waals surface area contributed by atoms with Crippen molar-refractivity contribution in [2.24, 2.45) is 5.73 Å². The number of nitrogens with one attached hydrogen (secondary N) is 2. The molecule has 0 aliphatic carbocycles. The van der Waals surface area contributed by atoms with E-state index in [-0.39, 0.29) is 29.1 Å². The number of halogens is 5. The van der Waals surface area contributed by atoms with Gasteiger partial charge >= 0.3 is 12.1 Å². The zero-order valence-electron chi connectivity index (χ0n) is 17.2. The van der Waals surface area contributed by atoms with E-state index >= 15 is 0 Å². The number of ether oxygens (including phenoxy) is 1. The zero-order valence-corrected chi connectivity index (χ0v) is 18.0. The van der Waals surface area contributed by atoms with E-state index in [1.807, 2.05) is 0 Å². The van der Waals surface area contributed by atoms with Crippen LogP contribution >= 0.6 is 11.6 Å². The van der Waals surface area contributed by atoms with Gasteiger partial charge in [0.25, 0.3) is 11.8 Å². The van der Waals surface area contributed by atoms with Crippen LogP contribution in [0.3, 0.4) is 0 Å². The van der Waals surface area contributed by atoms with Gasteiger partial charge in [-0.1, -0.05) is 11.6 Å². The molecule has 0 fully saturated rings. The van der Waals surface area contributed by atoms with Crippen LogP contribution in [0.2, 0.25) is 5.02 Å². The molecule has 2 rings (SSSR count).